The van der Waals surface area contributed by atoms with Gasteiger partial charge in [0.05, 0.1) is 4.90 Å². The Morgan fingerprint density at radius 3 is 2.38 bits per heavy atom. The number of rotatable bonds is 6. The third-order valence-electron chi connectivity index (χ3n) is 4.82. The second kappa shape index (κ2) is 8.18. The topological polar surface area (TPSA) is 101 Å². The summed E-state index contributed by atoms with van der Waals surface area (Å²) in [4.78, 5) is 25.1. The van der Waals surface area contributed by atoms with E-state index in [2.05, 4.69) is 0 Å². The third kappa shape index (κ3) is 4.62. The second-order valence-corrected chi connectivity index (χ2v) is 8.83. The van der Waals surface area contributed by atoms with Crippen LogP contribution in [-0.2, 0) is 19.6 Å². The molecule has 1 heterocycles. The van der Waals surface area contributed by atoms with E-state index in [1.165, 1.54) is 9.21 Å². The minimum atomic E-state index is -3.55. The first-order chi connectivity index (χ1) is 12.1. The average Bonchev–Trinajstić information content (AvgIpc) is 2.58. The van der Waals surface area contributed by atoms with E-state index in [0.717, 1.165) is 11.1 Å². The van der Waals surface area contributed by atoms with E-state index < -0.39 is 15.9 Å². The van der Waals surface area contributed by atoms with Crippen molar-refractivity contribution in [2.45, 2.75) is 38.0 Å². The maximum atomic E-state index is 12.9. The first-order valence-electron chi connectivity index (χ1n) is 8.73. The number of sulfonamides is 1. The molecule has 0 unspecified atom stereocenters. The molecule has 2 rings (SSSR count). The van der Waals surface area contributed by atoms with Crippen LogP contribution >= 0.6 is 0 Å². The number of hydrogen-bond donors (Lipinski definition) is 1. The quantitative estimate of drug-likeness (QED) is 0.795. The van der Waals surface area contributed by atoms with E-state index in [1.807, 2.05) is 13.0 Å². The van der Waals surface area contributed by atoms with Crippen molar-refractivity contribution < 1.29 is 18.0 Å². The van der Waals surface area contributed by atoms with E-state index >= 15 is 0 Å². The van der Waals surface area contributed by atoms with Crippen LogP contribution in [0.5, 0.6) is 0 Å². The van der Waals surface area contributed by atoms with Crippen LogP contribution in [0.15, 0.2) is 23.1 Å². The fourth-order valence-electron chi connectivity index (χ4n) is 3.27. The molecule has 26 heavy (non-hydrogen) atoms. The van der Waals surface area contributed by atoms with Crippen molar-refractivity contribution in [3.63, 3.8) is 0 Å². The molecule has 0 spiro atoms. The average molecular weight is 381 g/mol. The monoisotopic (exact) mass is 381 g/mol. The van der Waals surface area contributed by atoms with Crippen molar-refractivity contribution in [1.29, 1.82) is 0 Å². The molecule has 1 aliphatic heterocycles. The summed E-state index contributed by atoms with van der Waals surface area (Å²) in [6, 6.07) is 5.30. The lowest BCUT2D eigenvalue weighted by Crippen LogP contribution is -2.44. The van der Waals surface area contributed by atoms with Gasteiger partial charge in [-0.3, -0.25) is 9.59 Å². The van der Waals surface area contributed by atoms with E-state index in [-0.39, 0.29) is 24.8 Å². The van der Waals surface area contributed by atoms with E-state index in [0.29, 0.717) is 30.8 Å². The van der Waals surface area contributed by atoms with Crippen LogP contribution in [0.4, 0.5) is 0 Å². The van der Waals surface area contributed by atoms with Gasteiger partial charge in [-0.1, -0.05) is 17.7 Å². The highest BCUT2D eigenvalue weighted by Crippen LogP contribution is 2.27. The minimum Gasteiger partial charge on any atom is -0.370 e. The Kier molecular flexibility index (Phi) is 6.41. The lowest BCUT2D eigenvalue weighted by molar-refractivity contribution is -0.135. The Balaban J connectivity index is 2.01. The molecule has 0 aromatic heterocycles. The zero-order valence-corrected chi connectivity index (χ0v) is 16.4. The largest absolute Gasteiger partial charge is 0.370 e. The van der Waals surface area contributed by atoms with Crippen LogP contribution in [0.1, 0.15) is 30.4 Å². The van der Waals surface area contributed by atoms with Crippen molar-refractivity contribution in [1.82, 2.24) is 9.21 Å². The Morgan fingerprint density at radius 1 is 1.23 bits per heavy atom. The third-order valence-corrected chi connectivity index (χ3v) is 6.88. The molecule has 144 valence electrons. The van der Waals surface area contributed by atoms with Crippen molar-refractivity contribution >= 4 is 21.8 Å². The summed E-state index contributed by atoms with van der Waals surface area (Å²) in [6.45, 7) is 4.64. The number of piperidine rings is 1. The predicted octanol–water partition coefficient (Wildman–Crippen LogP) is 1.04. The number of nitrogens with two attached hydrogens (primary N) is 1. The zero-order valence-electron chi connectivity index (χ0n) is 15.6. The number of benzene rings is 1. The highest BCUT2D eigenvalue weighted by atomic mass is 32.2. The Bertz CT molecular complexity index is 784. The normalized spacial score (nSPS) is 16.4. The van der Waals surface area contributed by atoms with Gasteiger partial charge in [0.2, 0.25) is 21.8 Å². The van der Waals surface area contributed by atoms with Crippen LogP contribution in [0.25, 0.3) is 0 Å². The molecule has 2 amide bonds. The number of primary amides is 1. The van der Waals surface area contributed by atoms with Crippen LogP contribution in [0.3, 0.4) is 0 Å². The summed E-state index contributed by atoms with van der Waals surface area (Å²) in [5, 5.41) is 0. The standard InChI is InChI=1S/C18H27N3O4S/c1-13-4-5-16(14(2)12-13)26(24,25)21-10-6-15(7-11-21)18(23)20(3)9-8-17(19)22/h4-5,12,15H,6-11H2,1-3H3,(H2,19,22). The minimum absolute atomic E-state index is 0.0604. The molecule has 8 heteroatoms. The Morgan fingerprint density at radius 2 is 1.85 bits per heavy atom. The number of nitrogens with zero attached hydrogens (tertiary/aromatic N) is 2. The van der Waals surface area contributed by atoms with Crippen LogP contribution < -0.4 is 5.73 Å². The fraction of sp³-hybridized carbons (Fsp3) is 0.556. The van der Waals surface area contributed by atoms with Gasteiger partial charge < -0.3 is 10.6 Å². The maximum absolute atomic E-state index is 12.9. The van der Waals surface area contributed by atoms with E-state index in [1.54, 1.807) is 26.1 Å². The van der Waals surface area contributed by atoms with Crippen molar-refractivity contribution in [2.75, 3.05) is 26.7 Å². The molecule has 1 aromatic carbocycles. The van der Waals surface area contributed by atoms with Crippen LogP contribution in [0, 0.1) is 19.8 Å². The molecule has 0 atom stereocenters. The van der Waals surface area contributed by atoms with Gasteiger partial charge in [-0.2, -0.15) is 4.31 Å². The Labute approximate surface area is 155 Å². The summed E-state index contributed by atoms with van der Waals surface area (Å²) < 4.78 is 27.2. The van der Waals surface area contributed by atoms with Gasteiger partial charge in [-0.25, -0.2) is 8.42 Å². The van der Waals surface area contributed by atoms with Gasteiger partial charge in [-0.05, 0) is 38.3 Å². The number of aryl methyl sites for hydroxylation is 2. The molecule has 1 saturated heterocycles. The van der Waals surface area contributed by atoms with Crippen molar-refractivity contribution in [3.8, 4) is 0 Å². The molecule has 0 bridgehead atoms. The summed E-state index contributed by atoms with van der Waals surface area (Å²) in [7, 11) is -1.91. The molecule has 1 aromatic rings. The van der Waals surface area contributed by atoms with E-state index in [9.17, 15) is 18.0 Å². The van der Waals surface area contributed by atoms with Gasteiger partial charge in [0.15, 0.2) is 0 Å². The van der Waals surface area contributed by atoms with Gasteiger partial charge in [0.25, 0.3) is 0 Å². The van der Waals surface area contributed by atoms with Crippen LogP contribution in [0.2, 0.25) is 0 Å². The van der Waals surface area contributed by atoms with Gasteiger partial charge in [-0.15, -0.1) is 0 Å². The molecule has 2 N–H and O–H groups in total. The first kappa shape index (κ1) is 20.4. The van der Waals surface area contributed by atoms with Gasteiger partial charge in [0, 0.05) is 39.0 Å². The van der Waals surface area contributed by atoms with Crippen molar-refractivity contribution in [3.05, 3.63) is 29.3 Å². The summed E-state index contributed by atoms with van der Waals surface area (Å²) in [5.41, 5.74) is 6.86. The second-order valence-electron chi connectivity index (χ2n) is 6.92. The number of amides is 2. The molecular formula is C18H27N3O4S. The molecule has 1 aliphatic rings. The summed E-state index contributed by atoms with van der Waals surface area (Å²) in [5.74, 6) is -0.729. The Hall–Kier alpha value is -1.93. The van der Waals surface area contributed by atoms with Crippen molar-refractivity contribution in [2.24, 2.45) is 11.7 Å². The van der Waals surface area contributed by atoms with Gasteiger partial charge in [0.1, 0.15) is 0 Å². The van der Waals surface area contributed by atoms with Crippen LogP contribution in [-0.4, -0.2) is 56.1 Å². The lowest BCUT2D eigenvalue weighted by Gasteiger charge is -2.32. The highest BCUT2D eigenvalue weighted by molar-refractivity contribution is 7.89. The number of carbonyl (C=O) groups is 2. The summed E-state index contributed by atoms with van der Waals surface area (Å²) in [6.07, 6.45) is 1.08. The molecule has 1 fully saturated rings. The summed E-state index contributed by atoms with van der Waals surface area (Å²) >= 11 is 0. The molecule has 0 aliphatic carbocycles. The lowest BCUT2D eigenvalue weighted by atomic mass is 9.96. The maximum Gasteiger partial charge on any atom is 0.243 e. The molecule has 0 saturated carbocycles. The molecule has 7 nitrogen and oxygen atoms in total. The molecule has 0 radical (unpaired) electrons. The smallest absolute Gasteiger partial charge is 0.243 e. The first-order valence-corrected chi connectivity index (χ1v) is 10.2. The van der Waals surface area contributed by atoms with E-state index in [4.69, 9.17) is 5.73 Å². The highest BCUT2D eigenvalue weighted by Gasteiger charge is 2.33. The number of hydrogen-bond acceptors (Lipinski definition) is 4. The molecular weight excluding hydrogens is 354 g/mol. The predicted molar refractivity (Wildman–Crippen MR) is 98.8 cm³/mol. The van der Waals surface area contributed by atoms with Gasteiger partial charge >= 0.3 is 0 Å². The SMILES string of the molecule is Cc1ccc(S(=O)(=O)N2CCC(C(=O)N(C)CCC(N)=O)CC2)c(C)c1. The number of carbonyl (C=O) groups excluding carboxylic acids is 2. The zero-order chi connectivity index (χ0) is 19.5. The fourth-order valence-corrected chi connectivity index (χ4v) is 4.95.